The second-order valence-electron chi connectivity index (χ2n) is 9.08. The summed E-state index contributed by atoms with van der Waals surface area (Å²) in [6, 6.07) is 7.61. The fraction of sp³-hybridized carbons (Fsp3) is 0.655. The minimum absolute atomic E-state index is 0.162. The second-order valence-corrected chi connectivity index (χ2v) is 9.08. The Labute approximate surface area is 217 Å². The third kappa shape index (κ3) is 13.9. The average molecular weight is 503 g/mol. The number of nitrogens with zero attached hydrogens (tertiary/aromatic N) is 2. The molecule has 0 spiro atoms. The van der Waals surface area contributed by atoms with E-state index in [1.807, 2.05) is 36.7 Å². The monoisotopic (exact) mass is 502 g/mol. The summed E-state index contributed by atoms with van der Waals surface area (Å²) >= 11 is 0. The molecule has 1 N–H and O–H groups in total. The van der Waals surface area contributed by atoms with Crippen LogP contribution in [0.4, 0.5) is 0 Å². The van der Waals surface area contributed by atoms with Gasteiger partial charge in [-0.15, -0.1) is 0 Å². The maximum Gasteiger partial charge on any atom is 0.159 e. The molecule has 0 fully saturated rings. The molecule has 0 aliphatic carbocycles. The van der Waals surface area contributed by atoms with Crippen molar-refractivity contribution in [2.45, 2.75) is 77.7 Å². The zero-order valence-electron chi connectivity index (χ0n) is 22.3. The SMILES string of the molecule is CCCCCCCCc1cnc(-c2ccc(OC[C@H](O)COCCOCCOCCCC)cc2)nc1. The highest BCUT2D eigenvalue weighted by Gasteiger charge is 2.07. The maximum absolute atomic E-state index is 10.1. The second kappa shape index (κ2) is 20.0. The fourth-order valence-corrected chi connectivity index (χ4v) is 3.59. The van der Waals surface area contributed by atoms with E-state index in [1.54, 1.807) is 0 Å². The lowest BCUT2D eigenvalue weighted by Gasteiger charge is -2.13. The molecule has 1 aromatic carbocycles. The van der Waals surface area contributed by atoms with Crippen molar-refractivity contribution in [2.75, 3.05) is 46.2 Å². The lowest BCUT2D eigenvalue weighted by Crippen LogP contribution is -2.24. The van der Waals surface area contributed by atoms with Crippen molar-refractivity contribution in [3.63, 3.8) is 0 Å². The van der Waals surface area contributed by atoms with Gasteiger partial charge in [0.25, 0.3) is 0 Å². The van der Waals surface area contributed by atoms with Gasteiger partial charge in [0.1, 0.15) is 18.5 Å². The number of aryl methyl sites for hydroxylation is 1. The summed E-state index contributed by atoms with van der Waals surface area (Å²) in [6.07, 6.45) is 14.1. The number of aliphatic hydroxyl groups is 1. The summed E-state index contributed by atoms with van der Waals surface area (Å²) < 4.78 is 22.0. The van der Waals surface area contributed by atoms with Crippen LogP contribution in [-0.4, -0.2) is 67.4 Å². The Hall–Kier alpha value is -2.06. The van der Waals surface area contributed by atoms with Gasteiger partial charge in [0.15, 0.2) is 5.82 Å². The lowest BCUT2D eigenvalue weighted by molar-refractivity contribution is -0.0199. The van der Waals surface area contributed by atoms with Gasteiger partial charge in [-0.05, 0) is 49.1 Å². The van der Waals surface area contributed by atoms with Crippen molar-refractivity contribution in [3.05, 3.63) is 42.2 Å². The number of hydrogen-bond donors (Lipinski definition) is 1. The largest absolute Gasteiger partial charge is 0.491 e. The first-order chi connectivity index (χ1) is 17.7. The van der Waals surface area contributed by atoms with Crippen LogP contribution in [0.2, 0.25) is 0 Å². The average Bonchev–Trinajstić information content (AvgIpc) is 2.91. The molecule has 0 unspecified atom stereocenters. The number of aliphatic hydroxyl groups excluding tert-OH is 1. The first-order valence-corrected chi connectivity index (χ1v) is 13.7. The zero-order valence-corrected chi connectivity index (χ0v) is 22.3. The molecule has 0 aliphatic heterocycles. The van der Waals surface area contributed by atoms with Crippen LogP contribution in [0.15, 0.2) is 36.7 Å². The van der Waals surface area contributed by atoms with Gasteiger partial charge in [-0.2, -0.15) is 0 Å². The molecule has 0 bridgehead atoms. The predicted molar refractivity (Wildman–Crippen MR) is 143 cm³/mol. The van der Waals surface area contributed by atoms with E-state index in [-0.39, 0.29) is 13.2 Å². The Morgan fingerprint density at radius 3 is 2.00 bits per heavy atom. The van der Waals surface area contributed by atoms with E-state index in [0.29, 0.717) is 38.0 Å². The van der Waals surface area contributed by atoms with Crippen LogP contribution >= 0.6 is 0 Å². The minimum atomic E-state index is -0.704. The number of rotatable bonds is 22. The van der Waals surface area contributed by atoms with Gasteiger partial charge < -0.3 is 24.1 Å². The van der Waals surface area contributed by atoms with Crippen molar-refractivity contribution < 1.29 is 24.1 Å². The Bertz CT molecular complexity index is 770. The van der Waals surface area contributed by atoms with E-state index < -0.39 is 6.10 Å². The number of hydrogen-bond acceptors (Lipinski definition) is 7. The first-order valence-electron chi connectivity index (χ1n) is 13.7. The molecule has 1 heterocycles. The van der Waals surface area contributed by atoms with Crippen molar-refractivity contribution in [3.8, 4) is 17.1 Å². The minimum Gasteiger partial charge on any atom is -0.491 e. The molecule has 7 nitrogen and oxygen atoms in total. The number of aromatic nitrogens is 2. The molecule has 0 amide bonds. The zero-order chi connectivity index (χ0) is 25.7. The lowest BCUT2D eigenvalue weighted by atomic mass is 10.1. The predicted octanol–water partition coefficient (Wildman–Crippen LogP) is 5.64. The highest BCUT2D eigenvalue weighted by molar-refractivity contribution is 5.55. The molecule has 202 valence electrons. The van der Waals surface area contributed by atoms with Gasteiger partial charge in [0.2, 0.25) is 0 Å². The molecule has 2 rings (SSSR count). The highest BCUT2D eigenvalue weighted by atomic mass is 16.5. The molecular formula is C29H46N2O5. The van der Waals surface area contributed by atoms with Crippen LogP contribution in [0.3, 0.4) is 0 Å². The van der Waals surface area contributed by atoms with Gasteiger partial charge in [0, 0.05) is 24.6 Å². The van der Waals surface area contributed by atoms with Crippen molar-refractivity contribution >= 4 is 0 Å². The van der Waals surface area contributed by atoms with E-state index in [2.05, 4.69) is 23.8 Å². The highest BCUT2D eigenvalue weighted by Crippen LogP contribution is 2.20. The molecule has 36 heavy (non-hydrogen) atoms. The van der Waals surface area contributed by atoms with E-state index in [9.17, 15) is 5.11 Å². The first kappa shape index (κ1) is 30.2. The third-order valence-electron chi connectivity index (χ3n) is 5.78. The molecule has 0 saturated carbocycles. The van der Waals surface area contributed by atoms with Gasteiger partial charge in [0.05, 0.1) is 33.0 Å². The van der Waals surface area contributed by atoms with Gasteiger partial charge >= 0.3 is 0 Å². The van der Waals surface area contributed by atoms with Crippen molar-refractivity contribution in [1.82, 2.24) is 9.97 Å². The van der Waals surface area contributed by atoms with Gasteiger partial charge in [-0.3, -0.25) is 0 Å². The topological polar surface area (TPSA) is 82.9 Å². The standard InChI is InChI=1S/C29H46N2O5/c1-3-5-7-8-9-10-11-25-21-30-29(31-22-25)26-12-14-28(15-13-26)36-24-27(32)23-35-20-19-34-18-17-33-16-6-4-2/h12-15,21-22,27,32H,3-11,16-20,23-24H2,1-2H3/t27-/m1/s1. The summed E-state index contributed by atoms with van der Waals surface area (Å²) in [6.45, 7) is 7.60. The van der Waals surface area contributed by atoms with E-state index in [4.69, 9.17) is 18.9 Å². The van der Waals surface area contributed by atoms with E-state index >= 15 is 0 Å². The van der Waals surface area contributed by atoms with Crippen LogP contribution in [0, 0.1) is 0 Å². The van der Waals surface area contributed by atoms with Crippen LogP contribution in [0.1, 0.15) is 70.8 Å². The van der Waals surface area contributed by atoms with Gasteiger partial charge in [-0.1, -0.05) is 52.4 Å². The Morgan fingerprint density at radius 1 is 0.694 bits per heavy atom. The summed E-state index contributed by atoms with van der Waals surface area (Å²) in [5, 5.41) is 10.1. The Morgan fingerprint density at radius 2 is 1.31 bits per heavy atom. The third-order valence-corrected chi connectivity index (χ3v) is 5.78. The smallest absolute Gasteiger partial charge is 0.159 e. The molecule has 1 aromatic heterocycles. The summed E-state index contributed by atoms with van der Waals surface area (Å²) in [5.41, 5.74) is 2.13. The van der Waals surface area contributed by atoms with Crippen molar-refractivity contribution in [1.29, 1.82) is 0 Å². The Balaban J connectivity index is 1.57. The fourth-order valence-electron chi connectivity index (χ4n) is 3.59. The normalized spacial score (nSPS) is 12.1. The number of ether oxygens (including phenoxy) is 4. The van der Waals surface area contributed by atoms with Crippen LogP contribution in [0.25, 0.3) is 11.4 Å². The van der Waals surface area contributed by atoms with E-state index in [0.717, 1.165) is 31.4 Å². The molecule has 0 saturated heterocycles. The van der Waals surface area contributed by atoms with E-state index in [1.165, 1.54) is 44.1 Å². The van der Waals surface area contributed by atoms with Gasteiger partial charge in [-0.25, -0.2) is 9.97 Å². The Kier molecular flexibility index (Phi) is 16.8. The maximum atomic E-state index is 10.1. The summed E-state index contributed by atoms with van der Waals surface area (Å²) in [4.78, 5) is 9.06. The molecular weight excluding hydrogens is 456 g/mol. The van der Waals surface area contributed by atoms with Crippen LogP contribution < -0.4 is 4.74 Å². The van der Waals surface area contributed by atoms with Crippen LogP contribution in [0.5, 0.6) is 5.75 Å². The quantitative estimate of drug-likeness (QED) is 0.209. The number of benzene rings is 1. The van der Waals surface area contributed by atoms with Crippen LogP contribution in [-0.2, 0) is 20.6 Å². The molecule has 1 atom stereocenters. The number of unbranched alkanes of at least 4 members (excludes halogenated alkanes) is 6. The molecule has 0 radical (unpaired) electrons. The summed E-state index contributed by atoms with van der Waals surface area (Å²) in [5.74, 6) is 1.39. The molecule has 2 aromatic rings. The van der Waals surface area contributed by atoms with Crippen molar-refractivity contribution in [2.24, 2.45) is 0 Å². The molecule has 0 aliphatic rings. The summed E-state index contributed by atoms with van der Waals surface area (Å²) in [7, 11) is 0. The molecule has 7 heteroatoms.